The van der Waals surface area contributed by atoms with E-state index in [4.69, 9.17) is 0 Å². The van der Waals surface area contributed by atoms with Crippen LogP contribution in [0.2, 0.25) is 0 Å². The number of urea groups is 1. The summed E-state index contributed by atoms with van der Waals surface area (Å²) >= 11 is 0. The molecule has 0 spiro atoms. The quantitative estimate of drug-likeness (QED) is 0.447. The Balaban J connectivity index is 1.75. The lowest BCUT2D eigenvalue weighted by Crippen LogP contribution is -2.33. The fraction of sp³-hybridized carbons (Fsp3) is 0.286. The molecule has 0 atom stereocenters. The molecule has 2 heterocycles. The van der Waals surface area contributed by atoms with Gasteiger partial charge in [-0.25, -0.2) is 9.78 Å². The van der Waals surface area contributed by atoms with Crippen molar-refractivity contribution in [1.29, 1.82) is 0 Å². The first kappa shape index (κ1) is 23.0. The van der Waals surface area contributed by atoms with Crippen LogP contribution in [-0.4, -0.2) is 44.4 Å². The van der Waals surface area contributed by atoms with Gasteiger partial charge in [0.15, 0.2) is 11.5 Å². The van der Waals surface area contributed by atoms with Gasteiger partial charge in [0.1, 0.15) is 5.75 Å². The predicted molar refractivity (Wildman–Crippen MR) is 116 cm³/mol. The fourth-order valence-corrected chi connectivity index (χ4v) is 3.32. The summed E-state index contributed by atoms with van der Waals surface area (Å²) in [5.74, 6) is 0.161. The van der Waals surface area contributed by atoms with Gasteiger partial charge < -0.3 is 15.4 Å². The van der Waals surface area contributed by atoms with Crippen LogP contribution >= 0.6 is 0 Å². The minimum absolute atomic E-state index is 0.168. The lowest BCUT2D eigenvalue weighted by molar-refractivity contribution is -0.274. The van der Waals surface area contributed by atoms with E-state index in [1.54, 1.807) is 19.1 Å². The van der Waals surface area contributed by atoms with Crippen molar-refractivity contribution in [2.45, 2.75) is 38.6 Å². The Kier molecular flexibility index (Phi) is 6.34. The topological polar surface area (TPSA) is 123 Å². The van der Waals surface area contributed by atoms with Crippen molar-refractivity contribution in [3.63, 3.8) is 0 Å². The Morgan fingerprint density at radius 1 is 1.26 bits per heavy atom. The number of imide groups is 1. The first-order chi connectivity index (χ1) is 16.2. The van der Waals surface area contributed by atoms with Crippen molar-refractivity contribution in [3.8, 4) is 17.1 Å². The number of ether oxygens (including phenoxy) is 1. The molecule has 3 N–H and O–H groups in total. The lowest BCUT2D eigenvalue weighted by atomic mass is 9.93. The van der Waals surface area contributed by atoms with Gasteiger partial charge in [-0.15, -0.1) is 13.2 Å². The van der Waals surface area contributed by atoms with Gasteiger partial charge in [0, 0.05) is 22.9 Å². The summed E-state index contributed by atoms with van der Waals surface area (Å²) in [6, 6.07) is 4.88. The van der Waals surface area contributed by atoms with E-state index in [0.717, 1.165) is 19.3 Å². The van der Waals surface area contributed by atoms with E-state index < -0.39 is 18.1 Å². The third-order valence-electron chi connectivity index (χ3n) is 5.03. The number of anilines is 1. The highest BCUT2D eigenvalue weighted by atomic mass is 19.4. The third kappa shape index (κ3) is 5.42. The molecule has 1 aliphatic rings. The van der Waals surface area contributed by atoms with Crippen LogP contribution in [0.25, 0.3) is 23.1 Å². The van der Waals surface area contributed by atoms with Crippen molar-refractivity contribution in [3.05, 3.63) is 41.7 Å². The number of halogens is 3. The van der Waals surface area contributed by atoms with E-state index in [1.165, 1.54) is 28.9 Å². The number of benzene rings is 1. The Morgan fingerprint density at radius 2 is 2.06 bits per heavy atom. The van der Waals surface area contributed by atoms with Crippen LogP contribution in [0.5, 0.6) is 5.75 Å². The highest BCUT2D eigenvalue weighted by molar-refractivity contribution is 5.86. The highest BCUT2D eigenvalue weighted by Gasteiger charge is 2.31. The molecule has 0 saturated heterocycles. The lowest BCUT2D eigenvalue weighted by Gasteiger charge is -2.27. The van der Waals surface area contributed by atoms with Crippen LogP contribution < -0.4 is 20.7 Å². The summed E-state index contributed by atoms with van der Waals surface area (Å²) in [7, 11) is 0. The van der Waals surface area contributed by atoms with E-state index in [9.17, 15) is 22.8 Å². The smallest absolute Gasteiger partial charge is 0.406 e. The molecule has 2 aromatic heterocycles. The molecular formula is C21H20F3N7O3. The van der Waals surface area contributed by atoms with Crippen LogP contribution in [0.4, 0.5) is 23.9 Å². The third-order valence-corrected chi connectivity index (χ3v) is 5.03. The van der Waals surface area contributed by atoms with Crippen LogP contribution in [0.15, 0.2) is 36.2 Å². The number of hydrogen-bond acceptors (Lipinski definition) is 7. The molecule has 0 radical (unpaired) electrons. The second-order valence-electron chi connectivity index (χ2n) is 7.60. The monoisotopic (exact) mass is 475 g/mol. The summed E-state index contributed by atoms with van der Waals surface area (Å²) in [4.78, 5) is 31.0. The Bertz CT molecular complexity index is 1250. The van der Waals surface area contributed by atoms with E-state index in [-0.39, 0.29) is 18.3 Å². The molecule has 34 heavy (non-hydrogen) atoms. The zero-order chi connectivity index (χ0) is 24.3. The number of nitrogens with one attached hydrogen (secondary N) is 3. The van der Waals surface area contributed by atoms with E-state index >= 15 is 0 Å². The molecule has 1 aromatic carbocycles. The van der Waals surface area contributed by atoms with Crippen molar-refractivity contribution < 1.29 is 27.5 Å². The van der Waals surface area contributed by atoms with Crippen molar-refractivity contribution in [2.75, 3.05) is 5.32 Å². The van der Waals surface area contributed by atoms with Crippen molar-refractivity contribution in [1.82, 2.24) is 30.2 Å². The average Bonchev–Trinajstić information content (AvgIpc) is 3.12. The van der Waals surface area contributed by atoms with Gasteiger partial charge in [-0.3, -0.25) is 10.1 Å². The standard InChI is InChI=1S/C21H20F3N7O3/c1-12(27-20(33)25-11-32)8-14-10-26-31-18(14)29-17(30-19(31)28-15-5-3-6-15)13-4-2-7-16(9-13)34-21(22,23)24/h2,4,7-11,15H,3,5-6H2,1H3,(H,28,29,30)(H2,25,27,32,33)/b12-8-. The minimum Gasteiger partial charge on any atom is -0.406 e. The molecule has 1 fully saturated rings. The van der Waals surface area contributed by atoms with Crippen LogP contribution in [0.1, 0.15) is 31.7 Å². The van der Waals surface area contributed by atoms with Gasteiger partial charge in [-0.1, -0.05) is 12.1 Å². The molecule has 1 saturated carbocycles. The fourth-order valence-electron chi connectivity index (χ4n) is 3.32. The number of alkyl halides is 3. The molecule has 13 heteroatoms. The first-order valence-corrected chi connectivity index (χ1v) is 10.3. The molecule has 0 bridgehead atoms. The zero-order valence-electron chi connectivity index (χ0n) is 17.9. The molecule has 0 unspecified atom stereocenters. The van der Waals surface area contributed by atoms with Crippen LogP contribution in [0.3, 0.4) is 0 Å². The zero-order valence-corrected chi connectivity index (χ0v) is 17.9. The van der Waals surface area contributed by atoms with Gasteiger partial charge >= 0.3 is 12.4 Å². The van der Waals surface area contributed by atoms with E-state index in [0.29, 0.717) is 28.4 Å². The Morgan fingerprint density at radius 3 is 2.74 bits per heavy atom. The SMILES string of the molecule is C/C(=C/c1cnn2c(NC3CCC3)nc(-c3cccc(OC(F)(F)F)c3)nc12)NC(=O)NC=O. The normalized spacial score (nSPS) is 14.4. The average molecular weight is 475 g/mol. The summed E-state index contributed by atoms with van der Waals surface area (Å²) in [5, 5.41) is 12.1. The summed E-state index contributed by atoms with van der Waals surface area (Å²) in [5.41, 5.74) is 1.61. The highest BCUT2D eigenvalue weighted by Crippen LogP contribution is 2.29. The van der Waals surface area contributed by atoms with E-state index in [1.807, 2.05) is 5.32 Å². The minimum atomic E-state index is -4.83. The number of carbonyl (C=O) groups excluding carboxylic acids is 2. The molecule has 4 rings (SSSR count). The number of carbonyl (C=O) groups is 2. The maximum absolute atomic E-state index is 12.7. The molecule has 3 amide bonds. The number of aromatic nitrogens is 4. The maximum atomic E-state index is 12.7. The predicted octanol–water partition coefficient (Wildman–Crippen LogP) is 3.47. The first-order valence-electron chi connectivity index (χ1n) is 10.3. The van der Waals surface area contributed by atoms with Crippen LogP contribution in [-0.2, 0) is 4.79 Å². The second-order valence-corrected chi connectivity index (χ2v) is 7.60. The molecule has 3 aromatic rings. The number of amides is 3. The molecule has 0 aliphatic heterocycles. The number of hydrogen-bond donors (Lipinski definition) is 3. The van der Waals surface area contributed by atoms with Crippen molar-refractivity contribution in [2.24, 2.45) is 0 Å². The summed E-state index contributed by atoms with van der Waals surface area (Å²) < 4.78 is 43.5. The van der Waals surface area contributed by atoms with Gasteiger partial charge in [-0.2, -0.15) is 14.6 Å². The summed E-state index contributed by atoms with van der Waals surface area (Å²) in [6.07, 6.45) is 1.54. The van der Waals surface area contributed by atoms with Gasteiger partial charge in [-0.05, 0) is 44.4 Å². The molecule has 10 nitrogen and oxygen atoms in total. The van der Waals surface area contributed by atoms with Crippen molar-refractivity contribution >= 4 is 30.1 Å². The summed E-state index contributed by atoms with van der Waals surface area (Å²) in [6.45, 7) is 1.61. The number of nitrogens with zero attached hydrogens (tertiary/aromatic N) is 4. The molecule has 1 aliphatic carbocycles. The number of allylic oxidation sites excluding steroid dienone is 1. The van der Waals surface area contributed by atoms with Gasteiger partial charge in [0.25, 0.3) is 0 Å². The molecular weight excluding hydrogens is 455 g/mol. The largest absolute Gasteiger partial charge is 0.573 e. The Labute approximate surface area is 191 Å². The number of fused-ring (bicyclic) bond motifs is 1. The van der Waals surface area contributed by atoms with Crippen LogP contribution in [0, 0.1) is 0 Å². The van der Waals surface area contributed by atoms with E-state index in [2.05, 4.69) is 30.4 Å². The number of rotatable bonds is 7. The maximum Gasteiger partial charge on any atom is 0.573 e. The van der Waals surface area contributed by atoms with Gasteiger partial charge in [0.05, 0.1) is 6.20 Å². The molecule has 178 valence electrons. The Hall–Kier alpha value is -4.16. The second kappa shape index (κ2) is 9.37. The van der Waals surface area contributed by atoms with Gasteiger partial charge in [0.2, 0.25) is 12.4 Å².